The molecule has 5 nitrogen and oxygen atoms in total. The molecule has 2 rings (SSSR count). The lowest BCUT2D eigenvalue weighted by atomic mass is 10.0. The molecule has 3 N–H and O–H groups in total. The van der Waals surface area contributed by atoms with Gasteiger partial charge < -0.3 is 20.5 Å². The number of rotatable bonds is 7. The predicted octanol–water partition coefficient (Wildman–Crippen LogP) is 3.12. The third-order valence-electron chi connectivity index (χ3n) is 3.84. The van der Waals surface area contributed by atoms with E-state index in [1.165, 1.54) is 44.1 Å². The molecule has 1 aliphatic rings. The summed E-state index contributed by atoms with van der Waals surface area (Å²) in [5.41, 5.74) is 6.72. The van der Waals surface area contributed by atoms with Crippen LogP contribution in [0.3, 0.4) is 0 Å². The van der Waals surface area contributed by atoms with Crippen molar-refractivity contribution < 1.29 is 14.3 Å². The van der Waals surface area contributed by atoms with Crippen molar-refractivity contribution >= 4 is 28.0 Å². The largest absolute Gasteiger partial charge is 0.492 e. The first-order valence-electron chi connectivity index (χ1n) is 6.85. The summed E-state index contributed by atoms with van der Waals surface area (Å²) in [6.45, 7) is 3.11. The number of nitrogens with two attached hydrogens (primary N) is 1. The van der Waals surface area contributed by atoms with E-state index in [0.29, 0.717) is 21.7 Å². The minimum atomic E-state index is -0.423. The number of nitrogens with one attached hydrogen (secondary N) is 1. The highest BCUT2D eigenvalue weighted by molar-refractivity contribution is 7.19. The molecule has 0 amide bonds. The molecule has 0 aromatic carbocycles. The van der Waals surface area contributed by atoms with E-state index >= 15 is 0 Å². The van der Waals surface area contributed by atoms with Crippen molar-refractivity contribution in [1.29, 1.82) is 0 Å². The summed E-state index contributed by atoms with van der Waals surface area (Å²) in [4.78, 5) is 12.1. The van der Waals surface area contributed by atoms with Gasteiger partial charge in [0.25, 0.3) is 0 Å². The maximum absolute atomic E-state index is 11.7. The second-order valence-corrected chi connectivity index (χ2v) is 6.32. The molecule has 1 aliphatic carbocycles. The number of carbonyl (C=O) groups excluding carboxylic acids is 1. The van der Waals surface area contributed by atoms with E-state index in [1.807, 2.05) is 0 Å². The Morgan fingerprint density at radius 3 is 2.65 bits per heavy atom. The lowest BCUT2D eigenvalue weighted by Gasteiger charge is -2.15. The van der Waals surface area contributed by atoms with Gasteiger partial charge in [0.05, 0.1) is 14.2 Å². The van der Waals surface area contributed by atoms with Crippen LogP contribution in [0.1, 0.15) is 42.3 Å². The fourth-order valence-electron chi connectivity index (χ4n) is 2.48. The predicted molar refractivity (Wildman–Crippen MR) is 81.7 cm³/mol. The average molecular weight is 298 g/mol. The van der Waals surface area contributed by atoms with Crippen LogP contribution in [0.15, 0.2) is 0 Å². The highest BCUT2D eigenvalue weighted by Gasteiger charge is 2.41. The van der Waals surface area contributed by atoms with Gasteiger partial charge in [0.1, 0.15) is 15.6 Å². The lowest BCUT2D eigenvalue weighted by molar-refractivity contribution is 0.0607. The van der Waals surface area contributed by atoms with Crippen LogP contribution >= 0.6 is 11.3 Å². The first-order chi connectivity index (χ1) is 9.56. The Kier molecular flexibility index (Phi) is 4.42. The molecule has 6 heteroatoms. The van der Waals surface area contributed by atoms with Crippen LogP contribution in [0.2, 0.25) is 0 Å². The Labute approximate surface area is 123 Å². The van der Waals surface area contributed by atoms with Crippen LogP contribution in [0.25, 0.3) is 0 Å². The van der Waals surface area contributed by atoms with E-state index in [0.717, 1.165) is 11.5 Å². The van der Waals surface area contributed by atoms with E-state index in [2.05, 4.69) is 12.2 Å². The van der Waals surface area contributed by atoms with Crippen molar-refractivity contribution in [2.24, 2.45) is 5.41 Å². The Hall–Kier alpha value is -1.43. The number of anilines is 2. The van der Waals surface area contributed by atoms with E-state index in [1.54, 1.807) is 7.11 Å². The van der Waals surface area contributed by atoms with E-state index < -0.39 is 5.97 Å². The first-order valence-corrected chi connectivity index (χ1v) is 7.67. The van der Waals surface area contributed by atoms with Gasteiger partial charge in [-0.15, -0.1) is 11.3 Å². The number of hydrogen-bond donors (Lipinski definition) is 2. The van der Waals surface area contributed by atoms with Crippen LogP contribution < -0.4 is 15.8 Å². The number of nitrogen functional groups attached to an aromatic ring is 1. The van der Waals surface area contributed by atoms with Crippen LogP contribution in [0.5, 0.6) is 5.75 Å². The zero-order valence-corrected chi connectivity index (χ0v) is 13.1. The summed E-state index contributed by atoms with van der Waals surface area (Å²) >= 11 is 1.29. The van der Waals surface area contributed by atoms with Gasteiger partial charge in [-0.3, -0.25) is 0 Å². The molecule has 1 aromatic rings. The first kappa shape index (κ1) is 15.0. The normalized spacial score (nSPS) is 15.8. The van der Waals surface area contributed by atoms with Gasteiger partial charge in [0.15, 0.2) is 5.75 Å². The molecule has 0 unspecified atom stereocenters. The third-order valence-corrected chi connectivity index (χ3v) is 4.96. The van der Waals surface area contributed by atoms with Crippen molar-refractivity contribution in [3.8, 4) is 5.75 Å². The number of methoxy groups -OCH3 is 2. The molecular formula is C14H22N2O3S. The average Bonchev–Trinajstić information content (AvgIpc) is 3.13. The molecule has 1 saturated carbocycles. The number of hydrogen-bond acceptors (Lipinski definition) is 6. The molecule has 1 heterocycles. The van der Waals surface area contributed by atoms with Gasteiger partial charge in [0, 0.05) is 6.54 Å². The van der Waals surface area contributed by atoms with Crippen LogP contribution in [0.4, 0.5) is 10.7 Å². The van der Waals surface area contributed by atoms with Gasteiger partial charge in [-0.1, -0.05) is 13.3 Å². The van der Waals surface area contributed by atoms with Gasteiger partial charge in [-0.25, -0.2) is 4.79 Å². The number of thiophene rings is 1. The summed E-state index contributed by atoms with van der Waals surface area (Å²) in [6, 6.07) is 0. The van der Waals surface area contributed by atoms with Crippen molar-refractivity contribution in [3.05, 3.63) is 4.88 Å². The van der Waals surface area contributed by atoms with Gasteiger partial charge >= 0.3 is 5.97 Å². The fraction of sp³-hybridized carbons (Fsp3) is 0.643. The zero-order valence-electron chi connectivity index (χ0n) is 12.2. The standard InChI is InChI=1S/C14H22N2O3S/c1-4-5-14(6-7-14)8-16-12-10(18-2)9(15)11(20-12)13(17)19-3/h16H,4-8,15H2,1-3H3. The van der Waals surface area contributed by atoms with Crippen LogP contribution in [-0.2, 0) is 4.74 Å². The maximum Gasteiger partial charge on any atom is 0.350 e. The van der Waals surface area contributed by atoms with Crippen molar-refractivity contribution in [2.75, 3.05) is 31.8 Å². The number of esters is 1. The monoisotopic (exact) mass is 298 g/mol. The van der Waals surface area contributed by atoms with E-state index in [-0.39, 0.29) is 0 Å². The molecule has 0 saturated heterocycles. The van der Waals surface area contributed by atoms with Crippen molar-refractivity contribution in [1.82, 2.24) is 0 Å². The second kappa shape index (κ2) is 5.91. The molecule has 0 atom stereocenters. The topological polar surface area (TPSA) is 73.6 Å². The number of carbonyl (C=O) groups is 1. The van der Waals surface area contributed by atoms with Gasteiger partial charge in [-0.05, 0) is 24.7 Å². The van der Waals surface area contributed by atoms with Crippen LogP contribution in [-0.4, -0.2) is 26.7 Å². The Morgan fingerprint density at radius 2 is 2.15 bits per heavy atom. The smallest absolute Gasteiger partial charge is 0.350 e. The van der Waals surface area contributed by atoms with Crippen molar-refractivity contribution in [2.45, 2.75) is 32.6 Å². The molecule has 112 valence electrons. The minimum absolute atomic E-state index is 0.354. The fourth-order valence-corrected chi connectivity index (χ4v) is 3.49. The molecule has 0 bridgehead atoms. The highest BCUT2D eigenvalue weighted by Crippen LogP contribution is 2.51. The molecular weight excluding hydrogens is 276 g/mol. The van der Waals surface area contributed by atoms with Gasteiger partial charge in [0.2, 0.25) is 0 Å². The SMILES string of the molecule is CCCC1(CNc2sc(C(=O)OC)c(N)c2OC)CC1. The molecule has 0 aliphatic heterocycles. The molecule has 0 spiro atoms. The molecule has 1 aromatic heterocycles. The number of ether oxygens (including phenoxy) is 2. The Morgan fingerprint density at radius 1 is 1.45 bits per heavy atom. The minimum Gasteiger partial charge on any atom is -0.492 e. The summed E-state index contributed by atoms with van der Waals surface area (Å²) in [6.07, 6.45) is 4.95. The highest BCUT2D eigenvalue weighted by atomic mass is 32.1. The maximum atomic E-state index is 11.7. The van der Waals surface area contributed by atoms with E-state index in [9.17, 15) is 4.79 Å². The lowest BCUT2D eigenvalue weighted by Crippen LogP contribution is -2.14. The van der Waals surface area contributed by atoms with Crippen molar-refractivity contribution in [3.63, 3.8) is 0 Å². The Balaban J connectivity index is 2.13. The Bertz CT molecular complexity index is 495. The quantitative estimate of drug-likeness (QED) is 0.757. The molecule has 1 fully saturated rings. The third kappa shape index (κ3) is 2.85. The molecule has 20 heavy (non-hydrogen) atoms. The van der Waals surface area contributed by atoms with Gasteiger partial charge in [-0.2, -0.15) is 0 Å². The zero-order chi connectivity index (χ0) is 14.8. The summed E-state index contributed by atoms with van der Waals surface area (Å²) < 4.78 is 10.0. The van der Waals surface area contributed by atoms with Crippen LogP contribution in [0, 0.1) is 5.41 Å². The van der Waals surface area contributed by atoms with E-state index in [4.69, 9.17) is 15.2 Å². The molecule has 0 radical (unpaired) electrons. The summed E-state index contributed by atoms with van der Waals surface area (Å²) in [5, 5.41) is 4.21. The summed E-state index contributed by atoms with van der Waals surface area (Å²) in [5.74, 6) is 0.122. The summed E-state index contributed by atoms with van der Waals surface area (Å²) in [7, 11) is 2.91. The second-order valence-electron chi connectivity index (χ2n) is 5.30.